The van der Waals surface area contributed by atoms with E-state index in [0.29, 0.717) is 6.54 Å². The van der Waals surface area contributed by atoms with Crippen LogP contribution < -0.4 is 10.6 Å². The molecule has 7 heteroatoms. The van der Waals surface area contributed by atoms with Crippen LogP contribution in [0, 0.1) is 13.8 Å². The number of aromatic nitrogens is 2. The van der Waals surface area contributed by atoms with Crippen LogP contribution in [0.15, 0.2) is 29.3 Å². The number of rotatable bonds is 8. The van der Waals surface area contributed by atoms with Crippen molar-refractivity contribution >= 4 is 29.9 Å². The number of benzene rings is 1. The smallest absolute Gasteiger partial charge is 0.191 e. The molecule has 172 valence electrons. The van der Waals surface area contributed by atoms with Gasteiger partial charge in [0.1, 0.15) is 0 Å². The molecule has 2 aromatic rings. The highest BCUT2D eigenvalue weighted by atomic mass is 127. The number of likely N-dealkylation sites (tertiary alicyclic amines) is 1. The molecule has 1 aliphatic rings. The van der Waals surface area contributed by atoms with E-state index in [9.17, 15) is 0 Å². The summed E-state index contributed by atoms with van der Waals surface area (Å²) < 4.78 is 1.96. The number of aryl methyl sites for hydroxylation is 2. The van der Waals surface area contributed by atoms with Gasteiger partial charge in [-0.1, -0.05) is 30.7 Å². The molecule has 0 bridgehead atoms. The van der Waals surface area contributed by atoms with Crippen molar-refractivity contribution in [2.75, 3.05) is 26.2 Å². The van der Waals surface area contributed by atoms with Crippen molar-refractivity contribution in [3.05, 3.63) is 52.3 Å². The van der Waals surface area contributed by atoms with Crippen LogP contribution in [0.3, 0.4) is 0 Å². The summed E-state index contributed by atoms with van der Waals surface area (Å²) in [7, 11) is 2.00. The second kappa shape index (κ2) is 13.1. The predicted octanol–water partition coefficient (Wildman–Crippen LogP) is 3.94. The largest absolute Gasteiger partial charge is 0.357 e. The van der Waals surface area contributed by atoms with E-state index in [2.05, 4.69) is 65.7 Å². The van der Waals surface area contributed by atoms with Gasteiger partial charge in [-0.3, -0.25) is 9.58 Å². The SMILES string of the molecule is CCNC(=NCc1ccc(CN2CCCCC2)cc1)NCCc1c(C)nn(C)c1C.I. The molecule has 1 aromatic heterocycles. The molecule has 0 atom stereocenters. The van der Waals surface area contributed by atoms with Gasteiger partial charge in [-0.05, 0) is 69.8 Å². The maximum absolute atomic E-state index is 4.77. The summed E-state index contributed by atoms with van der Waals surface area (Å²) in [4.78, 5) is 7.34. The maximum Gasteiger partial charge on any atom is 0.191 e. The Hall–Kier alpha value is -1.61. The fourth-order valence-corrected chi connectivity index (χ4v) is 4.12. The van der Waals surface area contributed by atoms with Gasteiger partial charge in [0.05, 0.1) is 12.2 Å². The van der Waals surface area contributed by atoms with Gasteiger partial charge in [0, 0.05) is 32.4 Å². The van der Waals surface area contributed by atoms with Gasteiger partial charge in [0.25, 0.3) is 0 Å². The molecule has 1 aliphatic heterocycles. The first-order chi connectivity index (χ1) is 14.6. The van der Waals surface area contributed by atoms with E-state index < -0.39 is 0 Å². The minimum atomic E-state index is 0. The minimum Gasteiger partial charge on any atom is -0.357 e. The predicted molar refractivity (Wildman–Crippen MR) is 140 cm³/mol. The molecule has 3 rings (SSSR count). The van der Waals surface area contributed by atoms with Crippen molar-refractivity contribution < 1.29 is 0 Å². The first-order valence-corrected chi connectivity index (χ1v) is 11.4. The molecule has 0 amide bonds. The highest BCUT2D eigenvalue weighted by molar-refractivity contribution is 14.0. The second-order valence-electron chi connectivity index (χ2n) is 8.30. The van der Waals surface area contributed by atoms with Gasteiger partial charge in [0.15, 0.2) is 5.96 Å². The summed E-state index contributed by atoms with van der Waals surface area (Å²) in [5, 5.41) is 11.3. The zero-order chi connectivity index (χ0) is 21.3. The van der Waals surface area contributed by atoms with Crippen LogP contribution >= 0.6 is 24.0 Å². The molecular weight excluding hydrogens is 499 g/mol. The van der Waals surface area contributed by atoms with Crippen molar-refractivity contribution in [2.24, 2.45) is 12.0 Å². The average molecular weight is 539 g/mol. The zero-order valence-corrected chi connectivity index (χ0v) is 21.9. The highest BCUT2D eigenvalue weighted by Gasteiger charge is 2.11. The van der Waals surface area contributed by atoms with E-state index in [4.69, 9.17) is 4.99 Å². The number of hydrogen-bond acceptors (Lipinski definition) is 3. The Kier molecular flexibility index (Phi) is 10.8. The molecule has 2 heterocycles. The van der Waals surface area contributed by atoms with Crippen molar-refractivity contribution in [2.45, 2.75) is 59.5 Å². The van der Waals surface area contributed by atoms with E-state index in [-0.39, 0.29) is 24.0 Å². The van der Waals surface area contributed by atoms with Crippen LogP contribution in [0.4, 0.5) is 0 Å². The van der Waals surface area contributed by atoms with Crippen LogP contribution in [0.25, 0.3) is 0 Å². The van der Waals surface area contributed by atoms with Crippen molar-refractivity contribution in [1.82, 2.24) is 25.3 Å². The minimum absolute atomic E-state index is 0. The molecule has 0 unspecified atom stereocenters. The summed E-state index contributed by atoms with van der Waals surface area (Å²) >= 11 is 0. The topological polar surface area (TPSA) is 57.5 Å². The Morgan fingerprint density at radius 2 is 1.71 bits per heavy atom. The molecule has 6 nitrogen and oxygen atoms in total. The average Bonchev–Trinajstić information content (AvgIpc) is 2.99. The monoisotopic (exact) mass is 538 g/mol. The first kappa shape index (κ1) is 25.6. The summed E-state index contributed by atoms with van der Waals surface area (Å²) in [6.45, 7) is 12.2. The van der Waals surface area contributed by atoms with Gasteiger partial charge in [0.2, 0.25) is 0 Å². The summed E-state index contributed by atoms with van der Waals surface area (Å²) in [6.07, 6.45) is 5.01. The molecule has 31 heavy (non-hydrogen) atoms. The van der Waals surface area contributed by atoms with Crippen LogP contribution in [-0.4, -0.2) is 46.8 Å². The number of nitrogens with zero attached hydrogens (tertiary/aromatic N) is 4. The number of hydrogen-bond donors (Lipinski definition) is 2. The number of aliphatic imine (C=N–C) groups is 1. The van der Waals surface area contributed by atoms with Gasteiger partial charge in [-0.25, -0.2) is 4.99 Å². The maximum atomic E-state index is 4.77. The van der Waals surface area contributed by atoms with Gasteiger partial charge < -0.3 is 10.6 Å². The van der Waals surface area contributed by atoms with Crippen molar-refractivity contribution in [3.63, 3.8) is 0 Å². The van der Waals surface area contributed by atoms with Gasteiger partial charge in [-0.15, -0.1) is 24.0 Å². The number of piperidine rings is 1. The third kappa shape index (κ3) is 7.79. The lowest BCUT2D eigenvalue weighted by Crippen LogP contribution is -2.38. The Morgan fingerprint density at radius 1 is 1.03 bits per heavy atom. The summed E-state index contributed by atoms with van der Waals surface area (Å²) in [5.74, 6) is 0.870. The fraction of sp³-hybridized carbons (Fsp3) is 0.583. The lowest BCUT2D eigenvalue weighted by atomic mass is 10.1. The molecule has 1 saturated heterocycles. The molecule has 2 N–H and O–H groups in total. The lowest BCUT2D eigenvalue weighted by Gasteiger charge is -2.26. The summed E-state index contributed by atoms with van der Waals surface area (Å²) in [6, 6.07) is 8.95. The Balaban J connectivity index is 0.00000341. The third-order valence-corrected chi connectivity index (χ3v) is 5.97. The van der Waals surface area contributed by atoms with E-state index in [0.717, 1.165) is 37.7 Å². The lowest BCUT2D eigenvalue weighted by molar-refractivity contribution is 0.221. The molecule has 0 spiro atoms. The molecular formula is C24H39IN6. The van der Waals surface area contributed by atoms with Crippen LogP contribution in [0.1, 0.15) is 54.3 Å². The second-order valence-corrected chi connectivity index (χ2v) is 8.30. The van der Waals surface area contributed by atoms with Crippen LogP contribution in [0.5, 0.6) is 0 Å². The van der Waals surface area contributed by atoms with Crippen molar-refractivity contribution in [1.29, 1.82) is 0 Å². The summed E-state index contributed by atoms with van der Waals surface area (Å²) in [5.41, 5.74) is 6.32. The number of halogens is 1. The molecule has 0 saturated carbocycles. The van der Waals surface area contributed by atoms with Crippen LogP contribution in [-0.2, 0) is 26.6 Å². The Labute approximate surface area is 204 Å². The fourth-order valence-electron chi connectivity index (χ4n) is 4.12. The number of guanidine groups is 1. The quantitative estimate of drug-likeness (QED) is 0.304. The van der Waals surface area contributed by atoms with E-state index in [1.165, 1.54) is 54.7 Å². The molecule has 1 fully saturated rings. The first-order valence-electron chi connectivity index (χ1n) is 11.4. The van der Waals surface area contributed by atoms with Gasteiger partial charge >= 0.3 is 0 Å². The van der Waals surface area contributed by atoms with Crippen molar-refractivity contribution in [3.8, 4) is 0 Å². The third-order valence-electron chi connectivity index (χ3n) is 5.97. The Bertz CT molecular complexity index is 821. The van der Waals surface area contributed by atoms with E-state index in [1.807, 2.05) is 11.7 Å². The van der Waals surface area contributed by atoms with E-state index in [1.54, 1.807) is 0 Å². The molecule has 0 aliphatic carbocycles. The number of nitrogens with one attached hydrogen (secondary N) is 2. The standard InChI is InChI=1S/C24H38N6.HI/c1-5-25-24(26-14-13-23-19(2)28-29(4)20(23)3)27-17-21-9-11-22(12-10-21)18-30-15-7-6-8-16-30;/h9-12H,5-8,13-18H2,1-4H3,(H2,25,26,27);1H. The highest BCUT2D eigenvalue weighted by Crippen LogP contribution is 2.14. The Morgan fingerprint density at radius 3 is 2.32 bits per heavy atom. The van der Waals surface area contributed by atoms with E-state index >= 15 is 0 Å². The van der Waals surface area contributed by atoms with Crippen LogP contribution in [0.2, 0.25) is 0 Å². The van der Waals surface area contributed by atoms with Gasteiger partial charge in [-0.2, -0.15) is 5.10 Å². The molecule has 1 aromatic carbocycles. The normalized spacial score (nSPS) is 14.9. The zero-order valence-electron chi connectivity index (χ0n) is 19.6. The molecule has 0 radical (unpaired) electrons.